The number of hydrogen-bond acceptors (Lipinski definition) is 8. The molecule has 0 aromatic carbocycles. The standard InChI is InChI=1S/C24H32N2O6/c1-3-21-19-7-8-20(19)22-4-2-6-24(26-22)32-18-16-30-14-12-28-10-9-27-11-13-29-15-17-31-23(5-1)25-21/h1-6,19-20H,7-18H2. The number of rotatable bonds is 0. The number of ether oxygens (including phenoxy) is 6. The zero-order valence-corrected chi connectivity index (χ0v) is 18.4. The highest BCUT2D eigenvalue weighted by molar-refractivity contribution is 5.28. The lowest BCUT2D eigenvalue weighted by molar-refractivity contribution is -0.00724. The number of nitrogens with zero attached hydrogens (tertiary/aromatic N) is 2. The van der Waals surface area contributed by atoms with Gasteiger partial charge in [-0.3, -0.25) is 0 Å². The molecule has 2 unspecified atom stereocenters. The molecule has 0 saturated heterocycles. The largest absolute Gasteiger partial charge is 0.475 e. The van der Waals surface area contributed by atoms with Crippen molar-refractivity contribution in [2.24, 2.45) is 0 Å². The molecule has 1 aliphatic carbocycles. The molecule has 3 heterocycles. The van der Waals surface area contributed by atoms with Gasteiger partial charge in [-0.15, -0.1) is 0 Å². The predicted octanol–water partition coefficient (Wildman–Crippen LogP) is 2.98. The summed E-state index contributed by atoms with van der Waals surface area (Å²) in [5, 5.41) is 0. The van der Waals surface area contributed by atoms with Gasteiger partial charge >= 0.3 is 0 Å². The van der Waals surface area contributed by atoms with Crippen LogP contribution in [0.2, 0.25) is 0 Å². The molecule has 0 spiro atoms. The molecule has 174 valence electrons. The third-order valence-electron chi connectivity index (χ3n) is 5.60. The molecule has 4 rings (SSSR count). The average molecular weight is 445 g/mol. The molecule has 0 radical (unpaired) electrons. The third-order valence-corrected chi connectivity index (χ3v) is 5.60. The van der Waals surface area contributed by atoms with Crippen molar-refractivity contribution < 1.29 is 28.4 Å². The first-order valence-corrected chi connectivity index (χ1v) is 11.4. The normalized spacial score (nSPS) is 24.0. The van der Waals surface area contributed by atoms with E-state index in [4.69, 9.17) is 38.4 Å². The quantitative estimate of drug-likeness (QED) is 0.614. The maximum Gasteiger partial charge on any atom is 0.213 e. The monoisotopic (exact) mass is 444 g/mol. The van der Waals surface area contributed by atoms with Gasteiger partial charge in [0.05, 0.1) is 52.9 Å². The number of fused-ring (bicyclic) bond motifs is 7. The summed E-state index contributed by atoms with van der Waals surface area (Å²) < 4.78 is 33.7. The fourth-order valence-corrected chi connectivity index (χ4v) is 3.82. The molecule has 0 N–H and O–H groups in total. The Morgan fingerprint density at radius 3 is 1.25 bits per heavy atom. The summed E-state index contributed by atoms with van der Waals surface area (Å²) in [6.45, 7) is 5.06. The Hall–Kier alpha value is -2.26. The second-order valence-electron chi connectivity index (χ2n) is 7.74. The van der Waals surface area contributed by atoms with Crippen molar-refractivity contribution in [1.29, 1.82) is 0 Å². The highest BCUT2D eigenvalue weighted by Crippen LogP contribution is 2.48. The molecule has 4 bridgehead atoms. The van der Waals surface area contributed by atoms with E-state index in [1.807, 2.05) is 24.3 Å². The Labute approximate surface area is 189 Å². The Kier molecular flexibility index (Phi) is 9.09. The van der Waals surface area contributed by atoms with E-state index in [1.165, 1.54) is 0 Å². The first kappa shape index (κ1) is 22.9. The molecule has 2 aromatic rings. The highest BCUT2D eigenvalue weighted by atomic mass is 16.6. The summed E-state index contributed by atoms with van der Waals surface area (Å²) in [6.07, 6.45) is 2.18. The van der Waals surface area contributed by atoms with Crippen molar-refractivity contribution >= 4 is 0 Å². The minimum absolute atomic E-state index is 0.337. The van der Waals surface area contributed by atoms with E-state index in [0.717, 1.165) is 24.2 Å². The van der Waals surface area contributed by atoms with E-state index in [9.17, 15) is 0 Å². The maximum atomic E-state index is 5.79. The van der Waals surface area contributed by atoms with Crippen molar-refractivity contribution in [3.05, 3.63) is 47.8 Å². The Bertz CT molecular complexity index is 753. The van der Waals surface area contributed by atoms with Crippen molar-refractivity contribution in [3.63, 3.8) is 0 Å². The van der Waals surface area contributed by atoms with Gasteiger partial charge in [-0.05, 0) is 25.0 Å². The van der Waals surface area contributed by atoms with Gasteiger partial charge in [0.25, 0.3) is 0 Å². The van der Waals surface area contributed by atoms with Crippen LogP contribution in [0.15, 0.2) is 36.4 Å². The summed E-state index contributed by atoms with van der Waals surface area (Å²) in [7, 11) is 0. The minimum atomic E-state index is 0.337. The van der Waals surface area contributed by atoms with Crippen molar-refractivity contribution in [2.75, 3.05) is 66.1 Å². The predicted molar refractivity (Wildman–Crippen MR) is 117 cm³/mol. The summed E-state index contributed by atoms with van der Waals surface area (Å²) in [6, 6.07) is 11.9. The van der Waals surface area contributed by atoms with Crippen LogP contribution >= 0.6 is 0 Å². The SMILES string of the molecule is c1cc2nc(c1)C1CCC1c1cccc(n1)OCCOCCOCCOCCOCCO2. The fraction of sp³-hybridized carbons (Fsp3) is 0.583. The van der Waals surface area contributed by atoms with Gasteiger partial charge in [0.1, 0.15) is 13.2 Å². The van der Waals surface area contributed by atoms with Gasteiger partial charge < -0.3 is 28.4 Å². The lowest BCUT2D eigenvalue weighted by atomic mass is 9.70. The van der Waals surface area contributed by atoms with Gasteiger partial charge in [0.2, 0.25) is 11.8 Å². The molecular weight excluding hydrogens is 412 g/mol. The molecule has 0 amide bonds. The fourth-order valence-electron chi connectivity index (χ4n) is 3.82. The molecule has 8 nitrogen and oxygen atoms in total. The number of hydrogen-bond donors (Lipinski definition) is 0. The molecule has 2 atom stereocenters. The summed E-state index contributed by atoms with van der Waals surface area (Å²) in [5.41, 5.74) is 2.09. The van der Waals surface area contributed by atoms with Gasteiger partial charge in [-0.1, -0.05) is 12.1 Å². The number of aromatic nitrogens is 2. The van der Waals surface area contributed by atoms with Crippen LogP contribution in [0.25, 0.3) is 0 Å². The van der Waals surface area contributed by atoms with Gasteiger partial charge in [-0.2, -0.15) is 0 Å². The second kappa shape index (κ2) is 12.7. The molecule has 8 heteroatoms. The van der Waals surface area contributed by atoms with Crippen LogP contribution in [-0.4, -0.2) is 76.0 Å². The lowest BCUT2D eigenvalue weighted by Gasteiger charge is -2.36. The second-order valence-corrected chi connectivity index (χ2v) is 7.74. The van der Waals surface area contributed by atoms with E-state index in [0.29, 0.717) is 89.7 Å². The topological polar surface area (TPSA) is 81.2 Å². The smallest absolute Gasteiger partial charge is 0.213 e. The van der Waals surface area contributed by atoms with Crippen LogP contribution in [-0.2, 0) is 18.9 Å². The molecule has 1 saturated carbocycles. The molecule has 2 aliphatic rings. The van der Waals surface area contributed by atoms with E-state index in [1.54, 1.807) is 0 Å². The number of pyridine rings is 2. The molecule has 1 aliphatic heterocycles. The first-order chi connectivity index (χ1) is 15.9. The Morgan fingerprint density at radius 1 is 0.500 bits per heavy atom. The first-order valence-electron chi connectivity index (χ1n) is 11.4. The van der Waals surface area contributed by atoms with Crippen LogP contribution in [0, 0.1) is 0 Å². The summed E-state index contributed by atoms with van der Waals surface area (Å²) >= 11 is 0. The zero-order valence-electron chi connectivity index (χ0n) is 18.4. The van der Waals surface area contributed by atoms with Crippen molar-refractivity contribution in [3.8, 4) is 11.8 Å². The highest BCUT2D eigenvalue weighted by Gasteiger charge is 2.35. The van der Waals surface area contributed by atoms with Crippen LogP contribution < -0.4 is 9.47 Å². The Morgan fingerprint density at radius 2 is 0.875 bits per heavy atom. The molecule has 32 heavy (non-hydrogen) atoms. The third kappa shape index (κ3) is 6.87. The van der Waals surface area contributed by atoms with Crippen LogP contribution in [0.4, 0.5) is 0 Å². The van der Waals surface area contributed by atoms with Crippen molar-refractivity contribution in [2.45, 2.75) is 24.7 Å². The van der Waals surface area contributed by atoms with E-state index in [-0.39, 0.29) is 0 Å². The zero-order chi connectivity index (χ0) is 21.8. The molecular formula is C24H32N2O6. The summed E-state index contributed by atoms with van der Waals surface area (Å²) in [4.78, 5) is 9.47. The average Bonchev–Trinajstić information content (AvgIpc) is 2.78. The molecule has 2 aromatic heterocycles. The van der Waals surface area contributed by atoms with Gasteiger partial charge in [0, 0.05) is 35.4 Å². The lowest BCUT2D eigenvalue weighted by Crippen LogP contribution is -2.24. The van der Waals surface area contributed by atoms with Gasteiger partial charge in [-0.25, -0.2) is 9.97 Å². The van der Waals surface area contributed by atoms with Crippen LogP contribution in [0.1, 0.15) is 36.1 Å². The minimum Gasteiger partial charge on any atom is -0.475 e. The molecule has 1 fully saturated rings. The van der Waals surface area contributed by atoms with Crippen LogP contribution in [0.3, 0.4) is 0 Å². The van der Waals surface area contributed by atoms with Crippen molar-refractivity contribution in [1.82, 2.24) is 9.97 Å². The maximum absolute atomic E-state index is 5.79. The van der Waals surface area contributed by atoms with E-state index >= 15 is 0 Å². The van der Waals surface area contributed by atoms with E-state index < -0.39 is 0 Å². The Balaban J connectivity index is 1.38. The van der Waals surface area contributed by atoms with Crippen LogP contribution in [0.5, 0.6) is 11.8 Å². The van der Waals surface area contributed by atoms with E-state index in [2.05, 4.69) is 12.1 Å². The summed E-state index contributed by atoms with van der Waals surface area (Å²) in [5.74, 6) is 1.93. The van der Waals surface area contributed by atoms with Gasteiger partial charge in [0.15, 0.2) is 0 Å².